The minimum absolute atomic E-state index is 0.0513. The summed E-state index contributed by atoms with van der Waals surface area (Å²) in [5.74, 6) is 0.365. The van der Waals surface area contributed by atoms with E-state index in [2.05, 4.69) is 15.0 Å². The van der Waals surface area contributed by atoms with E-state index in [-0.39, 0.29) is 16.1 Å². The van der Waals surface area contributed by atoms with E-state index in [0.717, 1.165) is 5.75 Å². The van der Waals surface area contributed by atoms with Gasteiger partial charge in [-0.05, 0) is 43.7 Å². The number of hydrogen-bond acceptors (Lipinski definition) is 6. The Labute approximate surface area is 195 Å². The van der Waals surface area contributed by atoms with Crippen molar-refractivity contribution in [2.45, 2.75) is 18.7 Å². The van der Waals surface area contributed by atoms with E-state index in [1.807, 2.05) is 6.07 Å². The Hall–Kier alpha value is -3.31. The van der Waals surface area contributed by atoms with Crippen LogP contribution in [0.2, 0.25) is 0 Å². The Morgan fingerprint density at radius 1 is 1.12 bits per heavy atom. The van der Waals surface area contributed by atoms with E-state index < -0.39 is 21.5 Å². The molecule has 0 bridgehead atoms. The Balaban J connectivity index is 1.68. The fraction of sp³-hybridized carbons (Fsp3) is 0.227. The van der Waals surface area contributed by atoms with Gasteiger partial charge in [0, 0.05) is 18.4 Å². The molecule has 11 heteroatoms. The molecule has 9 nitrogen and oxygen atoms in total. The Bertz CT molecular complexity index is 1420. The molecule has 0 saturated heterocycles. The van der Waals surface area contributed by atoms with Crippen LogP contribution in [0.15, 0.2) is 63.2 Å². The topological polar surface area (TPSA) is 115 Å². The van der Waals surface area contributed by atoms with E-state index >= 15 is 0 Å². The van der Waals surface area contributed by atoms with Crippen LogP contribution in [0.4, 0.5) is 5.69 Å². The Kier molecular flexibility index (Phi) is 6.17. The highest BCUT2D eigenvalue weighted by Gasteiger charge is 2.24. The van der Waals surface area contributed by atoms with Crippen molar-refractivity contribution in [2.24, 2.45) is 12.0 Å². The molecule has 172 valence electrons. The SMILES string of the molecule is Cc1ccc(S(=O)(=O)Nc2c(C)n(C)n(-c3ccccc3)c2=O)cc1C(=O)NC1=NCCS1. The highest BCUT2D eigenvalue weighted by molar-refractivity contribution is 8.14. The first kappa shape index (κ1) is 22.9. The lowest BCUT2D eigenvalue weighted by atomic mass is 10.1. The number of anilines is 1. The minimum atomic E-state index is -4.14. The van der Waals surface area contributed by atoms with Gasteiger partial charge in [-0.25, -0.2) is 13.1 Å². The smallest absolute Gasteiger partial charge is 0.296 e. The average Bonchev–Trinajstić information content (AvgIpc) is 3.37. The lowest BCUT2D eigenvalue weighted by Gasteiger charge is -2.11. The van der Waals surface area contributed by atoms with Crippen molar-refractivity contribution in [3.05, 3.63) is 75.7 Å². The quantitative estimate of drug-likeness (QED) is 0.576. The number of carbonyl (C=O) groups excluding carboxylic acids is 1. The van der Waals surface area contributed by atoms with Gasteiger partial charge in [0.15, 0.2) is 5.17 Å². The largest absolute Gasteiger partial charge is 0.301 e. The third-order valence-electron chi connectivity index (χ3n) is 5.36. The molecule has 0 radical (unpaired) electrons. The first-order chi connectivity index (χ1) is 15.7. The van der Waals surface area contributed by atoms with Crippen molar-refractivity contribution in [3.8, 4) is 5.69 Å². The number of aromatic nitrogens is 2. The molecule has 2 aromatic carbocycles. The maximum absolute atomic E-state index is 13.2. The maximum Gasteiger partial charge on any atom is 0.296 e. The fourth-order valence-electron chi connectivity index (χ4n) is 3.47. The van der Waals surface area contributed by atoms with Gasteiger partial charge in [-0.2, -0.15) is 0 Å². The second-order valence-corrected chi connectivity index (χ2v) is 10.3. The molecule has 2 N–H and O–H groups in total. The predicted molar refractivity (Wildman–Crippen MR) is 130 cm³/mol. The number of thioether (sulfide) groups is 1. The third kappa shape index (κ3) is 4.46. The molecule has 1 aliphatic heterocycles. The molecule has 0 aliphatic carbocycles. The number of nitrogens with zero attached hydrogens (tertiary/aromatic N) is 3. The van der Waals surface area contributed by atoms with Gasteiger partial charge in [-0.1, -0.05) is 36.0 Å². The molecule has 1 aromatic heterocycles. The second kappa shape index (κ2) is 8.91. The number of sulfonamides is 1. The number of aliphatic imine (C=N–C) groups is 1. The summed E-state index contributed by atoms with van der Waals surface area (Å²) in [7, 11) is -2.46. The van der Waals surface area contributed by atoms with Crippen LogP contribution in [-0.4, -0.2) is 41.2 Å². The van der Waals surface area contributed by atoms with Gasteiger partial charge in [0.05, 0.1) is 22.8 Å². The summed E-state index contributed by atoms with van der Waals surface area (Å²) >= 11 is 1.44. The summed E-state index contributed by atoms with van der Waals surface area (Å²) in [5.41, 5.74) is 1.36. The third-order valence-corrected chi connectivity index (χ3v) is 7.60. The van der Waals surface area contributed by atoms with Crippen molar-refractivity contribution in [2.75, 3.05) is 17.0 Å². The van der Waals surface area contributed by atoms with E-state index in [4.69, 9.17) is 0 Å². The normalized spacial score (nSPS) is 13.6. The van der Waals surface area contributed by atoms with E-state index in [0.29, 0.717) is 28.7 Å². The predicted octanol–water partition coefficient (Wildman–Crippen LogP) is 2.43. The van der Waals surface area contributed by atoms with Crippen molar-refractivity contribution in [1.29, 1.82) is 0 Å². The van der Waals surface area contributed by atoms with Crippen LogP contribution in [0.5, 0.6) is 0 Å². The number of rotatable bonds is 5. The van der Waals surface area contributed by atoms with Gasteiger partial charge in [-0.15, -0.1) is 0 Å². The van der Waals surface area contributed by atoms with Gasteiger partial charge in [-0.3, -0.25) is 24.0 Å². The fourth-order valence-corrected chi connectivity index (χ4v) is 5.33. The van der Waals surface area contributed by atoms with E-state index in [1.165, 1.54) is 28.6 Å². The number of benzene rings is 2. The maximum atomic E-state index is 13.2. The number of aryl methyl sites for hydroxylation is 1. The number of nitrogens with one attached hydrogen (secondary N) is 2. The highest BCUT2D eigenvalue weighted by atomic mass is 32.2. The molecule has 0 unspecified atom stereocenters. The summed E-state index contributed by atoms with van der Waals surface area (Å²) in [6.45, 7) is 4.02. The first-order valence-electron chi connectivity index (χ1n) is 10.1. The minimum Gasteiger partial charge on any atom is -0.301 e. The lowest BCUT2D eigenvalue weighted by molar-refractivity contribution is 0.0977. The van der Waals surface area contributed by atoms with E-state index in [1.54, 1.807) is 55.9 Å². The summed E-state index contributed by atoms with van der Waals surface area (Å²) in [6, 6.07) is 13.2. The molecule has 3 aromatic rings. The number of amides is 1. The van der Waals surface area contributed by atoms with Gasteiger partial charge in [0.1, 0.15) is 5.69 Å². The number of para-hydroxylation sites is 1. The molecule has 0 spiro atoms. The molecule has 0 fully saturated rings. The van der Waals surface area contributed by atoms with Crippen LogP contribution in [0, 0.1) is 13.8 Å². The number of amidine groups is 1. The molecule has 33 heavy (non-hydrogen) atoms. The molecule has 1 aliphatic rings. The molecular weight excluding hydrogens is 462 g/mol. The zero-order chi connectivity index (χ0) is 23.8. The van der Waals surface area contributed by atoms with Gasteiger partial charge < -0.3 is 5.32 Å². The first-order valence-corrected chi connectivity index (χ1v) is 12.6. The van der Waals surface area contributed by atoms with Crippen LogP contribution in [0.1, 0.15) is 21.6 Å². The molecular formula is C22H23N5O4S2. The zero-order valence-electron chi connectivity index (χ0n) is 18.3. The van der Waals surface area contributed by atoms with Crippen LogP contribution < -0.4 is 15.6 Å². The van der Waals surface area contributed by atoms with Gasteiger partial charge >= 0.3 is 0 Å². The van der Waals surface area contributed by atoms with Crippen LogP contribution >= 0.6 is 11.8 Å². The van der Waals surface area contributed by atoms with Crippen molar-refractivity contribution in [3.63, 3.8) is 0 Å². The Morgan fingerprint density at radius 2 is 1.85 bits per heavy atom. The van der Waals surface area contributed by atoms with Crippen molar-refractivity contribution in [1.82, 2.24) is 14.7 Å². The summed E-state index contributed by atoms with van der Waals surface area (Å²) < 4.78 is 31.7. The zero-order valence-corrected chi connectivity index (χ0v) is 20.0. The van der Waals surface area contributed by atoms with Crippen LogP contribution in [0.25, 0.3) is 5.69 Å². The van der Waals surface area contributed by atoms with Gasteiger partial charge in [0.2, 0.25) is 0 Å². The number of carbonyl (C=O) groups is 1. The van der Waals surface area contributed by atoms with Gasteiger partial charge in [0.25, 0.3) is 21.5 Å². The molecule has 1 amide bonds. The summed E-state index contributed by atoms with van der Waals surface area (Å²) in [4.78, 5) is 29.8. The van der Waals surface area contributed by atoms with Crippen molar-refractivity contribution < 1.29 is 13.2 Å². The van der Waals surface area contributed by atoms with Crippen LogP contribution in [0.3, 0.4) is 0 Å². The highest BCUT2D eigenvalue weighted by Crippen LogP contribution is 2.21. The van der Waals surface area contributed by atoms with Crippen LogP contribution in [-0.2, 0) is 17.1 Å². The van der Waals surface area contributed by atoms with E-state index in [9.17, 15) is 18.0 Å². The molecule has 2 heterocycles. The lowest BCUT2D eigenvalue weighted by Crippen LogP contribution is -2.28. The monoisotopic (exact) mass is 485 g/mol. The second-order valence-electron chi connectivity index (χ2n) is 7.51. The molecule has 0 atom stereocenters. The Morgan fingerprint density at radius 3 is 2.52 bits per heavy atom. The number of hydrogen-bond donors (Lipinski definition) is 2. The van der Waals surface area contributed by atoms with Crippen molar-refractivity contribution >= 4 is 38.5 Å². The summed E-state index contributed by atoms with van der Waals surface area (Å²) in [6.07, 6.45) is 0. The average molecular weight is 486 g/mol. The molecule has 4 rings (SSSR count). The summed E-state index contributed by atoms with van der Waals surface area (Å²) in [5, 5.41) is 3.23. The standard InChI is InChI=1S/C22H23N5O4S2/c1-14-9-10-17(13-18(14)20(28)24-22-23-11-12-32-22)33(30,31)25-19-15(2)26(3)27(21(19)29)16-7-5-4-6-8-16/h4-10,13,25H,11-12H2,1-3H3,(H,23,24,28). The molecule has 0 saturated carbocycles.